The third kappa shape index (κ3) is 6.55. The van der Waals surface area contributed by atoms with E-state index in [1.54, 1.807) is 37.5 Å². The number of carbonyl (C=O) groups excluding carboxylic acids is 1. The Balaban J connectivity index is 1.60. The molecule has 3 N–H and O–H groups in total. The van der Waals surface area contributed by atoms with Crippen molar-refractivity contribution in [1.29, 1.82) is 0 Å². The highest BCUT2D eigenvalue weighted by molar-refractivity contribution is 7.89. The van der Waals surface area contributed by atoms with Gasteiger partial charge < -0.3 is 24.6 Å². The van der Waals surface area contributed by atoms with Crippen molar-refractivity contribution in [2.24, 2.45) is 0 Å². The van der Waals surface area contributed by atoms with E-state index in [9.17, 15) is 18.3 Å². The summed E-state index contributed by atoms with van der Waals surface area (Å²) in [4.78, 5) is 12.3. The Morgan fingerprint density at radius 3 is 2.61 bits per heavy atom. The van der Waals surface area contributed by atoms with Gasteiger partial charge in [-0.05, 0) is 29.8 Å². The zero-order valence-electron chi connectivity index (χ0n) is 18.4. The van der Waals surface area contributed by atoms with Crippen molar-refractivity contribution in [3.8, 4) is 11.5 Å². The highest BCUT2D eigenvalue weighted by Gasteiger charge is 2.32. The van der Waals surface area contributed by atoms with Crippen LogP contribution in [0.3, 0.4) is 0 Å². The van der Waals surface area contributed by atoms with Crippen LogP contribution in [0.1, 0.15) is 12.0 Å². The number of aliphatic hydroxyl groups excluding tert-OH is 1. The summed E-state index contributed by atoms with van der Waals surface area (Å²) >= 11 is 0. The van der Waals surface area contributed by atoms with Crippen LogP contribution < -0.4 is 19.5 Å². The molecule has 0 saturated heterocycles. The van der Waals surface area contributed by atoms with E-state index >= 15 is 0 Å². The molecular formula is C23H28N2O7S. The van der Waals surface area contributed by atoms with Gasteiger partial charge in [0.05, 0.1) is 39.4 Å². The Labute approximate surface area is 193 Å². The number of methoxy groups -OCH3 is 2. The molecule has 1 aliphatic rings. The first-order valence-electron chi connectivity index (χ1n) is 10.4. The molecule has 0 spiro atoms. The number of ether oxygens (including phenoxy) is 3. The summed E-state index contributed by atoms with van der Waals surface area (Å²) in [5, 5.41) is 12.6. The van der Waals surface area contributed by atoms with Gasteiger partial charge >= 0.3 is 0 Å². The number of hydrogen-bond acceptors (Lipinski definition) is 7. The maximum absolute atomic E-state index is 12.8. The molecule has 0 aromatic heterocycles. The first-order valence-corrected chi connectivity index (χ1v) is 11.8. The number of sulfonamides is 1. The van der Waals surface area contributed by atoms with E-state index in [0.29, 0.717) is 12.3 Å². The molecule has 2 aromatic rings. The minimum absolute atomic E-state index is 0.0170. The third-order valence-electron chi connectivity index (χ3n) is 5.12. The van der Waals surface area contributed by atoms with Crippen molar-refractivity contribution < 1.29 is 32.5 Å². The molecule has 3 rings (SSSR count). The standard InChI is InChI=1S/C23H28N2O7S/c1-30-17-7-5-6-16(12-17)14-24-23(27)13-18-10-11-19(21(15-26)32-18)25-33(28,29)22-9-4-3-8-20(22)31-2/h3-12,18-19,21,25-26H,13-15H2,1-2H3,(H,24,27)/t18-,19-,21+/m1/s1. The Bertz CT molecular complexity index is 1090. The Hall–Kier alpha value is -2.92. The molecule has 3 atom stereocenters. The summed E-state index contributed by atoms with van der Waals surface area (Å²) in [5.74, 6) is 0.668. The second kappa shape index (κ2) is 11.3. The second-order valence-corrected chi connectivity index (χ2v) is 9.09. The van der Waals surface area contributed by atoms with Gasteiger partial charge in [-0.15, -0.1) is 0 Å². The largest absolute Gasteiger partial charge is 0.497 e. The summed E-state index contributed by atoms with van der Waals surface area (Å²) in [6, 6.07) is 12.8. The highest BCUT2D eigenvalue weighted by Crippen LogP contribution is 2.24. The van der Waals surface area contributed by atoms with Gasteiger partial charge in [-0.1, -0.05) is 36.4 Å². The average Bonchev–Trinajstić information content (AvgIpc) is 2.83. The van der Waals surface area contributed by atoms with Crippen LogP contribution >= 0.6 is 0 Å². The highest BCUT2D eigenvalue weighted by atomic mass is 32.2. The second-order valence-electron chi connectivity index (χ2n) is 7.41. The number of aliphatic hydroxyl groups is 1. The van der Waals surface area contributed by atoms with Gasteiger partial charge in [-0.2, -0.15) is 0 Å². The monoisotopic (exact) mass is 476 g/mol. The Kier molecular flexibility index (Phi) is 8.45. The van der Waals surface area contributed by atoms with E-state index in [-0.39, 0.29) is 23.0 Å². The molecule has 0 unspecified atom stereocenters. The van der Waals surface area contributed by atoms with E-state index < -0.39 is 34.9 Å². The molecule has 2 aromatic carbocycles. The molecule has 0 bridgehead atoms. The van der Waals surface area contributed by atoms with Crippen LogP contribution in [0.25, 0.3) is 0 Å². The molecule has 1 amide bonds. The fourth-order valence-corrected chi connectivity index (χ4v) is 4.82. The topological polar surface area (TPSA) is 123 Å². The smallest absolute Gasteiger partial charge is 0.244 e. The lowest BCUT2D eigenvalue weighted by molar-refractivity contribution is -0.125. The number of para-hydroxylation sites is 1. The van der Waals surface area contributed by atoms with Gasteiger partial charge in [-0.3, -0.25) is 4.79 Å². The number of rotatable bonds is 10. The van der Waals surface area contributed by atoms with Gasteiger partial charge in [0.15, 0.2) is 0 Å². The average molecular weight is 477 g/mol. The molecule has 0 saturated carbocycles. The lowest BCUT2D eigenvalue weighted by Gasteiger charge is -2.31. The van der Waals surface area contributed by atoms with Crippen LogP contribution in [0, 0.1) is 0 Å². The molecule has 33 heavy (non-hydrogen) atoms. The van der Waals surface area contributed by atoms with Gasteiger partial charge in [0.2, 0.25) is 15.9 Å². The Morgan fingerprint density at radius 1 is 1.09 bits per heavy atom. The van der Waals surface area contributed by atoms with Crippen molar-refractivity contribution in [2.75, 3.05) is 20.8 Å². The van der Waals surface area contributed by atoms with Crippen molar-refractivity contribution in [3.63, 3.8) is 0 Å². The van der Waals surface area contributed by atoms with Gasteiger partial charge in [0, 0.05) is 6.54 Å². The number of carbonyl (C=O) groups is 1. The third-order valence-corrected chi connectivity index (χ3v) is 6.62. The molecule has 1 heterocycles. The summed E-state index contributed by atoms with van der Waals surface area (Å²) < 4.78 is 44.3. The maximum Gasteiger partial charge on any atom is 0.244 e. The fraction of sp³-hybridized carbons (Fsp3) is 0.348. The molecule has 9 nitrogen and oxygen atoms in total. The first kappa shape index (κ1) is 24.7. The summed E-state index contributed by atoms with van der Waals surface area (Å²) in [5.41, 5.74) is 0.891. The zero-order chi connectivity index (χ0) is 23.8. The molecular weight excluding hydrogens is 448 g/mol. The van der Waals surface area contributed by atoms with E-state index in [2.05, 4.69) is 10.0 Å². The summed E-state index contributed by atoms with van der Waals surface area (Å²) in [6.45, 7) is -0.0946. The van der Waals surface area contributed by atoms with Crippen molar-refractivity contribution in [2.45, 2.75) is 36.1 Å². The van der Waals surface area contributed by atoms with E-state index in [0.717, 1.165) is 5.56 Å². The van der Waals surface area contributed by atoms with E-state index in [4.69, 9.17) is 14.2 Å². The predicted molar refractivity (Wildman–Crippen MR) is 121 cm³/mol. The number of amides is 1. The van der Waals surface area contributed by atoms with Crippen LogP contribution in [0.15, 0.2) is 65.6 Å². The molecule has 1 aliphatic heterocycles. The fourth-order valence-electron chi connectivity index (χ4n) is 3.43. The summed E-state index contributed by atoms with van der Waals surface area (Å²) in [6.07, 6.45) is 1.79. The van der Waals surface area contributed by atoms with E-state index in [1.807, 2.05) is 24.3 Å². The van der Waals surface area contributed by atoms with Gasteiger partial charge in [0.1, 0.15) is 22.5 Å². The molecule has 178 valence electrons. The number of benzene rings is 2. The minimum Gasteiger partial charge on any atom is -0.497 e. The molecule has 10 heteroatoms. The number of nitrogens with one attached hydrogen (secondary N) is 2. The van der Waals surface area contributed by atoms with Crippen LogP contribution in [-0.2, 0) is 26.1 Å². The number of hydrogen-bond donors (Lipinski definition) is 3. The van der Waals surface area contributed by atoms with E-state index in [1.165, 1.54) is 13.2 Å². The lowest BCUT2D eigenvalue weighted by atomic mass is 10.1. The van der Waals surface area contributed by atoms with Crippen molar-refractivity contribution in [3.05, 3.63) is 66.2 Å². The molecule has 0 radical (unpaired) electrons. The van der Waals surface area contributed by atoms with Crippen LogP contribution in [0.2, 0.25) is 0 Å². The van der Waals surface area contributed by atoms with Crippen LogP contribution in [0.5, 0.6) is 11.5 Å². The maximum atomic E-state index is 12.8. The molecule has 0 aliphatic carbocycles. The quantitative estimate of drug-likeness (QED) is 0.443. The van der Waals surface area contributed by atoms with Crippen molar-refractivity contribution >= 4 is 15.9 Å². The first-order chi connectivity index (χ1) is 15.9. The van der Waals surface area contributed by atoms with Crippen molar-refractivity contribution in [1.82, 2.24) is 10.0 Å². The normalized spacial score (nSPS) is 20.3. The van der Waals surface area contributed by atoms with Gasteiger partial charge in [-0.25, -0.2) is 13.1 Å². The summed E-state index contributed by atoms with van der Waals surface area (Å²) in [7, 11) is -0.976. The SMILES string of the molecule is COc1cccc(CNC(=O)C[C@H]2C=C[C@@H](NS(=O)(=O)c3ccccc3OC)[C@H](CO)O2)c1. The van der Waals surface area contributed by atoms with Crippen LogP contribution in [0.4, 0.5) is 0 Å². The molecule has 0 fully saturated rings. The van der Waals surface area contributed by atoms with Crippen LogP contribution in [-0.4, -0.2) is 58.5 Å². The minimum atomic E-state index is -3.94. The predicted octanol–water partition coefficient (Wildman–Crippen LogP) is 1.37. The Morgan fingerprint density at radius 2 is 1.88 bits per heavy atom. The zero-order valence-corrected chi connectivity index (χ0v) is 19.2. The van der Waals surface area contributed by atoms with Gasteiger partial charge in [0.25, 0.3) is 0 Å². The lowest BCUT2D eigenvalue weighted by Crippen LogP contribution is -2.49.